The zero-order chi connectivity index (χ0) is 18.8. The molecule has 0 fully saturated rings. The van der Waals surface area contributed by atoms with Crippen molar-refractivity contribution in [3.63, 3.8) is 0 Å². The maximum Gasteiger partial charge on any atom is 0.293 e. The third-order valence-corrected chi connectivity index (χ3v) is 5.04. The normalized spacial score (nSPS) is 10.8. The van der Waals surface area contributed by atoms with Gasteiger partial charge in [0, 0.05) is 10.9 Å². The molecule has 0 unspecified atom stereocenters. The highest BCUT2D eigenvalue weighted by Gasteiger charge is 2.17. The van der Waals surface area contributed by atoms with Crippen molar-refractivity contribution in [2.75, 3.05) is 5.32 Å². The molecule has 1 N–H and O–H groups in total. The predicted octanol–water partition coefficient (Wildman–Crippen LogP) is 2.88. The van der Waals surface area contributed by atoms with Gasteiger partial charge in [0.1, 0.15) is 17.1 Å². The molecule has 3 aromatic rings. The summed E-state index contributed by atoms with van der Waals surface area (Å²) in [5.74, 6) is -0.536. The number of thiophene rings is 1. The minimum atomic E-state index is -0.556. The number of nitro groups is 1. The van der Waals surface area contributed by atoms with Crippen LogP contribution in [-0.2, 0) is 17.8 Å². The zero-order valence-electron chi connectivity index (χ0n) is 14.2. The summed E-state index contributed by atoms with van der Waals surface area (Å²) in [7, 11) is 0. The van der Waals surface area contributed by atoms with Crippen LogP contribution in [0.15, 0.2) is 35.4 Å². The van der Waals surface area contributed by atoms with E-state index in [1.54, 1.807) is 19.1 Å². The van der Waals surface area contributed by atoms with Crippen LogP contribution in [0.2, 0.25) is 0 Å². The predicted molar refractivity (Wildman–Crippen MR) is 99.7 cm³/mol. The first-order chi connectivity index (χ1) is 12.4. The number of anilines is 1. The lowest BCUT2D eigenvalue weighted by atomic mass is 10.2. The topological polar surface area (TPSA) is 107 Å². The lowest BCUT2D eigenvalue weighted by molar-refractivity contribution is -0.384. The first-order valence-electron chi connectivity index (χ1n) is 7.91. The fourth-order valence-electron chi connectivity index (χ4n) is 2.54. The van der Waals surface area contributed by atoms with E-state index < -0.39 is 10.8 Å². The Labute approximate surface area is 152 Å². The Kier molecular flexibility index (Phi) is 4.81. The summed E-state index contributed by atoms with van der Waals surface area (Å²) in [6.45, 7) is 3.44. The molecule has 2 aromatic heterocycles. The minimum Gasteiger partial charge on any atom is -0.319 e. The Bertz CT molecular complexity index is 1070. The van der Waals surface area contributed by atoms with Crippen LogP contribution in [0.25, 0.3) is 10.2 Å². The second kappa shape index (κ2) is 7.04. The molecule has 0 saturated heterocycles. The summed E-state index contributed by atoms with van der Waals surface area (Å²) < 4.78 is 1.20. The highest BCUT2D eigenvalue weighted by atomic mass is 32.1. The van der Waals surface area contributed by atoms with Crippen LogP contribution < -0.4 is 10.9 Å². The van der Waals surface area contributed by atoms with Gasteiger partial charge in [0.2, 0.25) is 5.91 Å². The van der Waals surface area contributed by atoms with E-state index in [4.69, 9.17) is 0 Å². The van der Waals surface area contributed by atoms with E-state index in [1.165, 1.54) is 34.4 Å². The van der Waals surface area contributed by atoms with Crippen molar-refractivity contribution in [3.8, 4) is 0 Å². The molecule has 9 heteroatoms. The van der Waals surface area contributed by atoms with Crippen LogP contribution in [0.4, 0.5) is 11.4 Å². The summed E-state index contributed by atoms with van der Waals surface area (Å²) in [5.41, 5.74) is 0.311. The highest BCUT2D eigenvalue weighted by molar-refractivity contribution is 7.18. The van der Waals surface area contributed by atoms with Gasteiger partial charge in [0.25, 0.3) is 11.2 Å². The summed E-state index contributed by atoms with van der Waals surface area (Å²) in [4.78, 5) is 41.3. The van der Waals surface area contributed by atoms with E-state index in [1.807, 2.05) is 6.92 Å². The molecule has 0 aliphatic rings. The van der Waals surface area contributed by atoms with Gasteiger partial charge in [-0.25, -0.2) is 4.98 Å². The monoisotopic (exact) mass is 372 g/mol. The molecule has 2 heterocycles. The smallest absolute Gasteiger partial charge is 0.293 e. The Balaban J connectivity index is 1.85. The van der Waals surface area contributed by atoms with E-state index in [9.17, 15) is 19.7 Å². The van der Waals surface area contributed by atoms with Crippen molar-refractivity contribution in [3.05, 3.63) is 61.5 Å². The fraction of sp³-hybridized carbons (Fsp3) is 0.235. The lowest BCUT2D eigenvalue weighted by Crippen LogP contribution is -2.27. The average Bonchev–Trinajstić information content (AvgIpc) is 3.03. The van der Waals surface area contributed by atoms with Gasteiger partial charge in [0.15, 0.2) is 0 Å². The maximum atomic E-state index is 12.5. The number of hydrogen-bond donors (Lipinski definition) is 1. The number of nitro benzene ring substituents is 1. The molecule has 0 spiro atoms. The largest absolute Gasteiger partial charge is 0.319 e. The van der Waals surface area contributed by atoms with E-state index in [0.717, 1.165) is 11.3 Å². The van der Waals surface area contributed by atoms with Gasteiger partial charge in [-0.1, -0.05) is 13.0 Å². The SMILES string of the molecule is CCc1cc2c(=O)n(CC(=O)Nc3ccc(C)cc3[N+](=O)[O-])cnc2s1. The number of aryl methyl sites for hydroxylation is 2. The van der Waals surface area contributed by atoms with Gasteiger partial charge in [0.05, 0.1) is 16.6 Å². The van der Waals surface area contributed by atoms with Crippen LogP contribution in [-0.4, -0.2) is 20.4 Å². The van der Waals surface area contributed by atoms with Crippen LogP contribution in [0.1, 0.15) is 17.4 Å². The molecule has 26 heavy (non-hydrogen) atoms. The molecule has 0 bridgehead atoms. The minimum absolute atomic E-state index is 0.0940. The van der Waals surface area contributed by atoms with Gasteiger partial charge in [-0.05, 0) is 31.0 Å². The number of carbonyl (C=O) groups is 1. The number of aromatic nitrogens is 2. The molecule has 0 atom stereocenters. The third kappa shape index (κ3) is 3.47. The zero-order valence-corrected chi connectivity index (χ0v) is 15.0. The van der Waals surface area contributed by atoms with E-state index >= 15 is 0 Å². The van der Waals surface area contributed by atoms with E-state index in [0.29, 0.717) is 15.8 Å². The molecule has 0 aliphatic carbocycles. The number of benzene rings is 1. The number of carbonyl (C=O) groups excluding carboxylic acids is 1. The number of amides is 1. The lowest BCUT2D eigenvalue weighted by Gasteiger charge is -2.08. The number of hydrogen-bond acceptors (Lipinski definition) is 6. The molecule has 1 aromatic carbocycles. The highest BCUT2D eigenvalue weighted by Crippen LogP contribution is 2.25. The summed E-state index contributed by atoms with van der Waals surface area (Å²) in [6.07, 6.45) is 2.13. The molecule has 3 rings (SSSR count). The summed E-state index contributed by atoms with van der Waals surface area (Å²) in [6, 6.07) is 6.31. The van der Waals surface area contributed by atoms with Crippen LogP contribution >= 0.6 is 11.3 Å². The maximum absolute atomic E-state index is 12.5. The first-order valence-corrected chi connectivity index (χ1v) is 8.73. The van der Waals surface area contributed by atoms with Gasteiger partial charge >= 0.3 is 0 Å². The number of rotatable bonds is 5. The summed E-state index contributed by atoms with van der Waals surface area (Å²) >= 11 is 1.45. The standard InChI is InChI=1S/C17H16N4O4S/c1-3-11-7-12-16(26-11)18-9-20(17(12)23)8-15(22)19-13-5-4-10(2)6-14(13)21(24)25/h4-7,9H,3,8H2,1-2H3,(H,19,22). The Morgan fingerprint density at radius 1 is 1.38 bits per heavy atom. The Morgan fingerprint density at radius 2 is 2.15 bits per heavy atom. The first kappa shape index (κ1) is 17.7. The third-order valence-electron chi connectivity index (χ3n) is 3.86. The number of nitrogens with one attached hydrogen (secondary N) is 1. The fourth-order valence-corrected chi connectivity index (χ4v) is 3.46. The van der Waals surface area contributed by atoms with E-state index in [-0.39, 0.29) is 23.5 Å². The van der Waals surface area contributed by atoms with Crippen LogP contribution in [0.3, 0.4) is 0 Å². The summed E-state index contributed by atoms with van der Waals surface area (Å²) in [5, 5.41) is 14.1. The quantitative estimate of drug-likeness (QED) is 0.547. The number of nitrogens with zero attached hydrogens (tertiary/aromatic N) is 3. The van der Waals surface area contributed by atoms with Gasteiger partial charge in [-0.2, -0.15) is 0 Å². The van der Waals surface area contributed by atoms with Crippen molar-refractivity contribution in [1.82, 2.24) is 9.55 Å². The van der Waals surface area contributed by atoms with Crippen molar-refractivity contribution in [2.45, 2.75) is 26.8 Å². The average molecular weight is 372 g/mol. The van der Waals surface area contributed by atoms with Gasteiger partial charge in [-0.3, -0.25) is 24.3 Å². The second-order valence-corrected chi connectivity index (χ2v) is 6.90. The van der Waals surface area contributed by atoms with Gasteiger partial charge < -0.3 is 5.32 Å². The molecule has 134 valence electrons. The molecule has 0 radical (unpaired) electrons. The van der Waals surface area contributed by atoms with Crippen molar-refractivity contribution in [2.24, 2.45) is 0 Å². The van der Waals surface area contributed by atoms with E-state index in [2.05, 4.69) is 10.3 Å². The van der Waals surface area contributed by atoms with Crippen molar-refractivity contribution in [1.29, 1.82) is 0 Å². The molecule has 8 nitrogen and oxygen atoms in total. The molecular weight excluding hydrogens is 356 g/mol. The molecular formula is C17H16N4O4S. The second-order valence-electron chi connectivity index (χ2n) is 5.79. The van der Waals surface area contributed by atoms with Gasteiger partial charge in [-0.15, -0.1) is 11.3 Å². The van der Waals surface area contributed by atoms with Crippen LogP contribution in [0.5, 0.6) is 0 Å². The van der Waals surface area contributed by atoms with Crippen molar-refractivity contribution < 1.29 is 9.72 Å². The Hall–Kier alpha value is -3.07. The molecule has 0 aliphatic heterocycles. The number of fused-ring (bicyclic) bond motifs is 1. The van der Waals surface area contributed by atoms with Crippen molar-refractivity contribution >= 4 is 38.8 Å². The Morgan fingerprint density at radius 3 is 2.85 bits per heavy atom. The molecule has 1 amide bonds. The van der Waals surface area contributed by atoms with Crippen LogP contribution in [0, 0.1) is 17.0 Å². The molecule has 0 saturated carbocycles.